The Kier molecular flexibility index (Phi) is 6.62. The highest BCUT2D eigenvalue weighted by Crippen LogP contribution is 2.16. The van der Waals surface area contributed by atoms with E-state index < -0.39 is 0 Å². The van der Waals surface area contributed by atoms with Crippen LogP contribution in [-0.2, 0) is 11.3 Å². The summed E-state index contributed by atoms with van der Waals surface area (Å²) >= 11 is 5.95. The zero-order chi connectivity index (χ0) is 20.8. The molecule has 4 rings (SSSR count). The summed E-state index contributed by atoms with van der Waals surface area (Å²) in [7, 11) is 0. The van der Waals surface area contributed by atoms with Crippen molar-refractivity contribution in [2.45, 2.75) is 25.4 Å². The van der Waals surface area contributed by atoms with Crippen molar-refractivity contribution in [3.05, 3.63) is 89.2 Å². The van der Waals surface area contributed by atoms with E-state index in [1.54, 1.807) is 23.0 Å². The SMILES string of the molecule is O=C(/C=C/c1cnn(-c2ccccc2)c1)NC1CCN(Cc2ccc(Cl)cc2)CC1. The molecule has 1 aromatic heterocycles. The fraction of sp³-hybridized carbons (Fsp3) is 0.250. The highest BCUT2D eigenvalue weighted by molar-refractivity contribution is 6.30. The first-order valence-corrected chi connectivity index (χ1v) is 10.6. The summed E-state index contributed by atoms with van der Waals surface area (Å²) in [4.78, 5) is 14.7. The molecule has 1 fully saturated rings. The van der Waals surface area contributed by atoms with Gasteiger partial charge in [-0.2, -0.15) is 5.10 Å². The maximum atomic E-state index is 12.3. The van der Waals surface area contributed by atoms with Gasteiger partial charge in [0.25, 0.3) is 0 Å². The Morgan fingerprint density at radius 1 is 1.10 bits per heavy atom. The molecule has 30 heavy (non-hydrogen) atoms. The van der Waals surface area contributed by atoms with Crippen LogP contribution in [0.2, 0.25) is 5.02 Å². The molecule has 3 aromatic rings. The van der Waals surface area contributed by atoms with Crippen LogP contribution in [0, 0.1) is 0 Å². The van der Waals surface area contributed by atoms with Gasteiger partial charge in [-0.1, -0.05) is 41.9 Å². The monoisotopic (exact) mass is 420 g/mol. The Morgan fingerprint density at radius 2 is 1.83 bits per heavy atom. The van der Waals surface area contributed by atoms with Crippen LogP contribution in [0.5, 0.6) is 0 Å². The number of piperidine rings is 1. The number of nitrogens with zero attached hydrogens (tertiary/aromatic N) is 3. The van der Waals surface area contributed by atoms with E-state index in [0.717, 1.165) is 48.7 Å². The minimum Gasteiger partial charge on any atom is -0.350 e. The minimum absolute atomic E-state index is 0.0568. The number of carbonyl (C=O) groups is 1. The van der Waals surface area contributed by atoms with Gasteiger partial charge < -0.3 is 5.32 Å². The summed E-state index contributed by atoms with van der Waals surface area (Å²) < 4.78 is 1.80. The van der Waals surface area contributed by atoms with Gasteiger partial charge in [-0.25, -0.2) is 4.68 Å². The molecular formula is C24H25ClN4O. The first-order chi connectivity index (χ1) is 14.7. The van der Waals surface area contributed by atoms with Crippen LogP contribution >= 0.6 is 11.6 Å². The van der Waals surface area contributed by atoms with E-state index >= 15 is 0 Å². The fourth-order valence-electron chi connectivity index (χ4n) is 3.65. The third kappa shape index (κ3) is 5.59. The molecule has 1 aliphatic rings. The number of hydrogen-bond donors (Lipinski definition) is 1. The molecule has 0 spiro atoms. The largest absolute Gasteiger partial charge is 0.350 e. The highest BCUT2D eigenvalue weighted by atomic mass is 35.5. The van der Waals surface area contributed by atoms with Gasteiger partial charge in [0.2, 0.25) is 5.91 Å². The lowest BCUT2D eigenvalue weighted by Crippen LogP contribution is -2.43. The number of benzene rings is 2. The van der Waals surface area contributed by atoms with Crippen LogP contribution in [0.4, 0.5) is 0 Å². The molecule has 6 heteroatoms. The van der Waals surface area contributed by atoms with E-state index in [1.807, 2.05) is 48.7 Å². The van der Waals surface area contributed by atoms with Crippen molar-refractivity contribution < 1.29 is 4.79 Å². The summed E-state index contributed by atoms with van der Waals surface area (Å²) in [6.45, 7) is 2.87. The van der Waals surface area contributed by atoms with Crippen molar-refractivity contribution in [1.29, 1.82) is 0 Å². The highest BCUT2D eigenvalue weighted by Gasteiger charge is 2.20. The summed E-state index contributed by atoms with van der Waals surface area (Å²) in [5, 5.41) is 8.24. The van der Waals surface area contributed by atoms with Crippen molar-refractivity contribution in [3.63, 3.8) is 0 Å². The third-order valence-corrected chi connectivity index (χ3v) is 5.56. The molecule has 1 amide bonds. The first-order valence-electron chi connectivity index (χ1n) is 10.2. The topological polar surface area (TPSA) is 50.2 Å². The quantitative estimate of drug-likeness (QED) is 0.604. The predicted octanol–water partition coefficient (Wildman–Crippen LogP) is 4.32. The van der Waals surface area contributed by atoms with Gasteiger partial charge in [0, 0.05) is 48.5 Å². The average Bonchev–Trinajstić information content (AvgIpc) is 3.25. The molecule has 0 saturated carbocycles. The lowest BCUT2D eigenvalue weighted by molar-refractivity contribution is -0.117. The number of likely N-dealkylation sites (tertiary alicyclic amines) is 1. The van der Waals surface area contributed by atoms with Gasteiger partial charge in [0.1, 0.15) is 0 Å². The molecule has 0 aliphatic carbocycles. The van der Waals surface area contributed by atoms with Gasteiger partial charge in [-0.15, -0.1) is 0 Å². The summed E-state index contributed by atoms with van der Waals surface area (Å²) in [5.41, 5.74) is 3.15. The molecule has 0 unspecified atom stereocenters. The first kappa shape index (κ1) is 20.4. The van der Waals surface area contributed by atoms with Crippen LogP contribution < -0.4 is 5.32 Å². The van der Waals surface area contributed by atoms with Gasteiger partial charge in [-0.05, 0) is 48.7 Å². The molecule has 0 radical (unpaired) electrons. The van der Waals surface area contributed by atoms with E-state index in [-0.39, 0.29) is 11.9 Å². The zero-order valence-electron chi connectivity index (χ0n) is 16.7. The maximum absolute atomic E-state index is 12.3. The summed E-state index contributed by atoms with van der Waals surface area (Å²) in [6.07, 6.45) is 8.97. The van der Waals surface area contributed by atoms with Gasteiger partial charge in [0.05, 0.1) is 11.9 Å². The second kappa shape index (κ2) is 9.74. The molecule has 0 bridgehead atoms. The number of hydrogen-bond acceptors (Lipinski definition) is 3. The second-order valence-electron chi connectivity index (χ2n) is 7.57. The van der Waals surface area contributed by atoms with Crippen LogP contribution in [0.3, 0.4) is 0 Å². The van der Waals surface area contributed by atoms with E-state index in [1.165, 1.54) is 5.56 Å². The van der Waals surface area contributed by atoms with Crippen LogP contribution in [0.15, 0.2) is 73.1 Å². The van der Waals surface area contributed by atoms with Crippen molar-refractivity contribution in [1.82, 2.24) is 20.0 Å². The molecule has 5 nitrogen and oxygen atoms in total. The third-order valence-electron chi connectivity index (χ3n) is 5.30. The van der Waals surface area contributed by atoms with E-state index in [0.29, 0.717) is 0 Å². The Bertz CT molecular complexity index is 990. The van der Waals surface area contributed by atoms with E-state index in [2.05, 4.69) is 27.4 Å². The maximum Gasteiger partial charge on any atom is 0.244 e. The number of amides is 1. The zero-order valence-corrected chi connectivity index (χ0v) is 17.5. The standard InChI is InChI=1S/C24H25ClN4O/c25-21-9-6-19(7-10-21)17-28-14-12-22(13-15-28)27-24(30)11-8-20-16-26-29(18-20)23-4-2-1-3-5-23/h1-11,16,18,22H,12-15,17H2,(H,27,30)/b11-8+. The van der Waals surface area contributed by atoms with Crippen molar-refractivity contribution in [2.75, 3.05) is 13.1 Å². The number of nitrogens with one attached hydrogen (secondary N) is 1. The van der Waals surface area contributed by atoms with E-state index in [9.17, 15) is 4.79 Å². The lowest BCUT2D eigenvalue weighted by atomic mass is 10.0. The number of halogens is 1. The average molecular weight is 421 g/mol. The fourth-order valence-corrected chi connectivity index (χ4v) is 3.78. The summed E-state index contributed by atoms with van der Waals surface area (Å²) in [5.74, 6) is -0.0568. The summed E-state index contributed by atoms with van der Waals surface area (Å²) in [6, 6.07) is 18.1. The van der Waals surface area contributed by atoms with Crippen LogP contribution in [0.25, 0.3) is 11.8 Å². The molecule has 1 saturated heterocycles. The number of carbonyl (C=O) groups excluding carboxylic acids is 1. The van der Waals surface area contributed by atoms with Crippen molar-refractivity contribution in [3.8, 4) is 5.69 Å². The molecule has 2 heterocycles. The van der Waals surface area contributed by atoms with E-state index in [4.69, 9.17) is 11.6 Å². The molecule has 0 atom stereocenters. The Labute approximate surface area is 182 Å². The number of rotatable bonds is 6. The molecule has 2 aromatic carbocycles. The molecule has 1 N–H and O–H groups in total. The smallest absolute Gasteiger partial charge is 0.244 e. The molecule has 1 aliphatic heterocycles. The van der Waals surface area contributed by atoms with Crippen LogP contribution in [-0.4, -0.2) is 39.7 Å². The number of para-hydroxylation sites is 1. The number of aromatic nitrogens is 2. The van der Waals surface area contributed by atoms with Crippen molar-refractivity contribution in [2.24, 2.45) is 0 Å². The van der Waals surface area contributed by atoms with Crippen LogP contribution in [0.1, 0.15) is 24.0 Å². The Balaban J connectivity index is 1.23. The normalized spacial score (nSPS) is 15.5. The van der Waals surface area contributed by atoms with Gasteiger partial charge >= 0.3 is 0 Å². The predicted molar refractivity (Wildman–Crippen MR) is 120 cm³/mol. The van der Waals surface area contributed by atoms with Gasteiger partial charge in [0.15, 0.2) is 0 Å². The molecule has 154 valence electrons. The van der Waals surface area contributed by atoms with Crippen molar-refractivity contribution >= 4 is 23.6 Å². The molecular weight excluding hydrogens is 396 g/mol. The lowest BCUT2D eigenvalue weighted by Gasteiger charge is -2.32. The second-order valence-corrected chi connectivity index (χ2v) is 8.01. The minimum atomic E-state index is -0.0568. The van der Waals surface area contributed by atoms with Gasteiger partial charge in [-0.3, -0.25) is 9.69 Å². The Hall–Kier alpha value is -2.89. The Morgan fingerprint density at radius 3 is 2.57 bits per heavy atom.